The van der Waals surface area contributed by atoms with Gasteiger partial charge in [0.05, 0.1) is 7.11 Å². The number of aromatic nitrogens is 4. The fraction of sp³-hybridized carbons (Fsp3) is 0.235. The van der Waals surface area contributed by atoms with E-state index in [1.54, 1.807) is 23.6 Å². The second kappa shape index (κ2) is 6.83. The van der Waals surface area contributed by atoms with E-state index in [0.717, 1.165) is 22.3 Å². The van der Waals surface area contributed by atoms with Gasteiger partial charge in [-0.1, -0.05) is 47.7 Å². The summed E-state index contributed by atoms with van der Waals surface area (Å²) in [7, 11) is 1.64. The van der Waals surface area contributed by atoms with Crippen LogP contribution in [0.3, 0.4) is 0 Å². The summed E-state index contributed by atoms with van der Waals surface area (Å²) >= 11 is 1.62. The summed E-state index contributed by atoms with van der Waals surface area (Å²) in [6, 6.07) is 14.2. The Morgan fingerprint density at radius 1 is 1.13 bits per heavy atom. The van der Waals surface area contributed by atoms with Crippen LogP contribution in [0.1, 0.15) is 16.7 Å². The van der Waals surface area contributed by atoms with Gasteiger partial charge in [-0.3, -0.25) is 0 Å². The first-order valence-corrected chi connectivity index (χ1v) is 8.28. The molecule has 23 heavy (non-hydrogen) atoms. The number of hydrogen-bond acceptors (Lipinski definition) is 5. The van der Waals surface area contributed by atoms with E-state index in [4.69, 9.17) is 4.74 Å². The number of thioether (sulfide) groups is 1. The molecule has 1 aromatic heterocycles. The molecule has 0 bridgehead atoms. The first kappa shape index (κ1) is 15.6. The van der Waals surface area contributed by atoms with Crippen LogP contribution in [0.4, 0.5) is 0 Å². The standard InChI is InChI=1S/C17H18N4OS/c1-12-8-9-13(2)14(10-12)11-23-17-18-19-20-21(17)15-6-4-5-7-16(15)22-3/h4-10H,11H2,1-3H3. The van der Waals surface area contributed by atoms with Gasteiger partial charge in [-0.25, -0.2) is 0 Å². The predicted octanol–water partition coefficient (Wildman–Crippen LogP) is 3.58. The number of methoxy groups -OCH3 is 1. The quantitative estimate of drug-likeness (QED) is 0.671. The van der Waals surface area contributed by atoms with Crippen molar-refractivity contribution in [3.63, 3.8) is 0 Å². The van der Waals surface area contributed by atoms with Gasteiger partial charge in [0, 0.05) is 5.75 Å². The molecule has 0 aliphatic heterocycles. The van der Waals surface area contributed by atoms with Gasteiger partial charge >= 0.3 is 0 Å². The van der Waals surface area contributed by atoms with Gasteiger partial charge in [0.2, 0.25) is 5.16 Å². The molecule has 0 atom stereocenters. The zero-order valence-electron chi connectivity index (χ0n) is 13.4. The Kier molecular flexibility index (Phi) is 4.62. The van der Waals surface area contributed by atoms with Crippen molar-refractivity contribution in [2.24, 2.45) is 0 Å². The van der Waals surface area contributed by atoms with Crippen molar-refractivity contribution < 1.29 is 4.74 Å². The first-order chi connectivity index (χ1) is 11.2. The van der Waals surface area contributed by atoms with Gasteiger partial charge in [-0.05, 0) is 47.5 Å². The minimum Gasteiger partial charge on any atom is -0.494 e. The molecule has 0 aliphatic carbocycles. The van der Waals surface area contributed by atoms with Crippen molar-refractivity contribution in [1.29, 1.82) is 0 Å². The van der Waals surface area contributed by atoms with Crippen LogP contribution < -0.4 is 4.74 Å². The minimum absolute atomic E-state index is 0.744. The summed E-state index contributed by atoms with van der Waals surface area (Å²) in [5.41, 5.74) is 4.67. The lowest BCUT2D eigenvalue weighted by Gasteiger charge is -2.10. The molecule has 1 heterocycles. The molecule has 0 aliphatic rings. The largest absolute Gasteiger partial charge is 0.494 e. The van der Waals surface area contributed by atoms with Crippen LogP contribution in [0, 0.1) is 13.8 Å². The minimum atomic E-state index is 0.744. The fourth-order valence-corrected chi connectivity index (χ4v) is 3.27. The zero-order valence-corrected chi connectivity index (χ0v) is 14.2. The van der Waals surface area contributed by atoms with Crippen molar-refractivity contribution in [2.45, 2.75) is 24.8 Å². The van der Waals surface area contributed by atoms with E-state index in [9.17, 15) is 0 Å². The summed E-state index contributed by atoms with van der Waals surface area (Å²) in [4.78, 5) is 0. The van der Waals surface area contributed by atoms with Crippen molar-refractivity contribution in [1.82, 2.24) is 20.2 Å². The molecule has 118 valence electrons. The Balaban J connectivity index is 1.86. The highest BCUT2D eigenvalue weighted by atomic mass is 32.2. The normalized spacial score (nSPS) is 10.7. The monoisotopic (exact) mass is 326 g/mol. The molecule has 0 radical (unpaired) electrons. The number of para-hydroxylation sites is 2. The molecule has 3 aromatic rings. The maximum atomic E-state index is 5.40. The van der Waals surface area contributed by atoms with E-state index in [0.29, 0.717) is 0 Å². The van der Waals surface area contributed by atoms with Crippen molar-refractivity contribution in [3.8, 4) is 11.4 Å². The molecule has 5 nitrogen and oxygen atoms in total. The van der Waals surface area contributed by atoms with E-state index in [1.165, 1.54) is 16.7 Å². The van der Waals surface area contributed by atoms with E-state index < -0.39 is 0 Å². The highest BCUT2D eigenvalue weighted by Crippen LogP contribution is 2.28. The number of aryl methyl sites for hydroxylation is 2. The van der Waals surface area contributed by atoms with E-state index >= 15 is 0 Å². The Bertz CT molecular complexity index is 816. The average molecular weight is 326 g/mol. The predicted molar refractivity (Wildman–Crippen MR) is 91.2 cm³/mol. The molecule has 0 saturated heterocycles. The lowest BCUT2D eigenvalue weighted by atomic mass is 10.1. The first-order valence-electron chi connectivity index (χ1n) is 7.29. The molecule has 0 saturated carbocycles. The van der Waals surface area contributed by atoms with Crippen LogP contribution in [0.5, 0.6) is 5.75 Å². The molecule has 0 amide bonds. The summed E-state index contributed by atoms with van der Waals surface area (Å²) in [6.45, 7) is 4.23. The third-order valence-electron chi connectivity index (χ3n) is 3.62. The molecule has 0 unspecified atom stereocenters. The highest BCUT2D eigenvalue weighted by Gasteiger charge is 2.13. The van der Waals surface area contributed by atoms with Gasteiger partial charge in [-0.2, -0.15) is 4.68 Å². The SMILES string of the molecule is COc1ccccc1-n1nnnc1SCc1cc(C)ccc1C. The van der Waals surface area contributed by atoms with Crippen LogP contribution in [-0.4, -0.2) is 27.3 Å². The molecule has 0 spiro atoms. The maximum Gasteiger partial charge on any atom is 0.214 e. The van der Waals surface area contributed by atoms with Crippen molar-refractivity contribution in [2.75, 3.05) is 7.11 Å². The van der Waals surface area contributed by atoms with Gasteiger partial charge in [0.1, 0.15) is 11.4 Å². The van der Waals surface area contributed by atoms with Crippen LogP contribution in [0.25, 0.3) is 5.69 Å². The summed E-state index contributed by atoms with van der Waals surface area (Å²) in [5.74, 6) is 1.57. The number of hydrogen-bond donors (Lipinski definition) is 0. The third kappa shape index (κ3) is 3.37. The van der Waals surface area contributed by atoms with Crippen LogP contribution in [-0.2, 0) is 5.75 Å². The van der Waals surface area contributed by atoms with Gasteiger partial charge < -0.3 is 4.74 Å². The summed E-state index contributed by atoms with van der Waals surface area (Å²) in [5, 5.41) is 12.8. The fourth-order valence-electron chi connectivity index (χ4n) is 2.32. The third-order valence-corrected chi connectivity index (χ3v) is 4.58. The van der Waals surface area contributed by atoms with Gasteiger partial charge in [0.25, 0.3) is 0 Å². The second-order valence-electron chi connectivity index (χ2n) is 5.26. The summed E-state index contributed by atoms with van der Waals surface area (Å²) in [6.07, 6.45) is 0. The molecule has 0 N–H and O–H groups in total. The Hall–Kier alpha value is -2.34. The number of ether oxygens (including phenoxy) is 1. The molecular formula is C17H18N4OS. The Morgan fingerprint density at radius 3 is 2.78 bits per heavy atom. The molecule has 6 heteroatoms. The smallest absolute Gasteiger partial charge is 0.214 e. The Morgan fingerprint density at radius 2 is 1.96 bits per heavy atom. The lowest BCUT2D eigenvalue weighted by Crippen LogP contribution is -2.02. The van der Waals surface area contributed by atoms with Crippen LogP contribution >= 0.6 is 11.8 Å². The van der Waals surface area contributed by atoms with Crippen LogP contribution in [0.2, 0.25) is 0 Å². The summed E-state index contributed by atoms with van der Waals surface area (Å²) < 4.78 is 7.11. The van der Waals surface area contributed by atoms with Crippen LogP contribution in [0.15, 0.2) is 47.6 Å². The van der Waals surface area contributed by atoms with Gasteiger partial charge in [-0.15, -0.1) is 5.10 Å². The lowest BCUT2D eigenvalue weighted by molar-refractivity contribution is 0.410. The molecule has 2 aromatic carbocycles. The number of benzene rings is 2. The van der Waals surface area contributed by atoms with E-state index in [1.807, 2.05) is 24.3 Å². The number of nitrogens with zero attached hydrogens (tertiary/aromatic N) is 4. The number of rotatable bonds is 5. The zero-order chi connectivity index (χ0) is 16.2. The maximum absolute atomic E-state index is 5.40. The second-order valence-corrected chi connectivity index (χ2v) is 6.21. The van der Waals surface area contributed by atoms with Gasteiger partial charge in [0.15, 0.2) is 0 Å². The van der Waals surface area contributed by atoms with Crippen molar-refractivity contribution >= 4 is 11.8 Å². The highest BCUT2D eigenvalue weighted by molar-refractivity contribution is 7.98. The van der Waals surface area contributed by atoms with E-state index in [2.05, 4.69) is 47.6 Å². The van der Waals surface area contributed by atoms with Crippen molar-refractivity contribution in [3.05, 3.63) is 59.2 Å². The number of tetrazole rings is 1. The van der Waals surface area contributed by atoms with E-state index in [-0.39, 0.29) is 0 Å². The topological polar surface area (TPSA) is 52.8 Å². The Labute approximate surface area is 139 Å². The molecule has 0 fully saturated rings. The average Bonchev–Trinajstić information content (AvgIpc) is 3.04. The molecule has 3 rings (SSSR count). The molecular weight excluding hydrogens is 308 g/mol.